The Kier molecular flexibility index (Phi) is 3.68. The minimum atomic E-state index is -0.000589. The van der Waals surface area contributed by atoms with Crippen molar-refractivity contribution in [1.82, 2.24) is 9.80 Å². The average molecular weight is 287 g/mol. The number of fused-ring (bicyclic) bond motifs is 1. The molecule has 2 aliphatic rings. The highest BCUT2D eigenvalue weighted by Crippen LogP contribution is 2.25. The Morgan fingerprint density at radius 2 is 2.14 bits per heavy atom. The van der Waals surface area contributed by atoms with Gasteiger partial charge in [0.1, 0.15) is 0 Å². The molecule has 2 amide bonds. The molecule has 5 heteroatoms. The summed E-state index contributed by atoms with van der Waals surface area (Å²) >= 11 is 0. The Bertz CT molecular complexity index is 585. The van der Waals surface area contributed by atoms with E-state index in [0.717, 1.165) is 37.3 Å². The number of likely N-dealkylation sites (N-methyl/N-ethyl adjacent to an activating group) is 1. The van der Waals surface area contributed by atoms with Gasteiger partial charge >= 0.3 is 0 Å². The number of hydrogen-bond acceptors (Lipinski definition) is 3. The Morgan fingerprint density at radius 3 is 2.95 bits per heavy atom. The standard InChI is InChI=1S/C16H21N3O2/c1-11-10-18(2)6-3-7-19(11)16(21)13-5-4-12-9-15(20)17-14(12)8-13/h4-5,8,11H,3,6-7,9-10H2,1-2H3,(H,17,20). The van der Waals surface area contributed by atoms with Crippen molar-refractivity contribution in [2.45, 2.75) is 25.8 Å². The lowest BCUT2D eigenvalue weighted by atomic mass is 10.1. The number of amides is 2. The molecule has 1 saturated heterocycles. The fraction of sp³-hybridized carbons (Fsp3) is 0.500. The lowest BCUT2D eigenvalue weighted by molar-refractivity contribution is -0.115. The normalized spacial score (nSPS) is 22.7. The molecule has 0 saturated carbocycles. The van der Waals surface area contributed by atoms with Crippen LogP contribution in [0.4, 0.5) is 5.69 Å². The highest BCUT2D eigenvalue weighted by atomic mass is 16.2. The highest BCUT2D eigenvalue weighted by molar-refractivity contribution is 6.02. The molecule has 1 aromatic rings. The van der Waals surface area contributed by atoms with Gasteiger partial charge in [-0.3, -0.25) is 9.59 Å². The zero-order chi connectivity index (χ0) is 15.0. The lowest BCUT2D eigenvalue weighted by Gasteiger charge is -2.28. The van der Waals surface area contributed by atoms with Gasteiger partial charge in [0.2, 0.25) is 5.91 Å². The van der Waals surface area contributed by atoms with E-state index in [1.165, 1.54) is 0 Å². The van der Waals surface area contributed by atoms with Crippen molar-refractivity contribution < 1.29 is 9.59 Å². The van der Waals surface area contributed by atoms with Crippen molar-refractivity contribution in [3.8, 4) is 0 Å². The topological polar surface area (TPSA) is 52.6 Å². The van der Waals surface area contributed by atoms with Gasteiger partial charge < -0.3 is 15.1 Å². The maximum atomic E-state index is 12.7. The second-order valence-corrected chi connectivity index (χ2v) is 6.06. The molecule has 2 heterocycles. The van der Waals surface area contributed by atoms with Crippen LogP contribution in [0.25, 0.3) is 0 Å². The van der Waals surface area contributed by atoms with Crippen LogP contribution in [0.2, 0.25) is 0 Å². The largest absolute Gasteiger partial charge is 0.335 e. The number of rotatable bonds is 1. The van der Waals surface area contributed by atoms with Crippen molar-refractivity contribution >= 4 is 17.5 Å². The molecule has 1 N–H and O–H groups in total. The lowest BCUT2D eigenvalue weighted by Crippen LogP contribution is -2.42. The summed E-state index contributed by atoms with van der Waals surface area (Å²) in [5.41, 5.74) is 2.41. The maximum Gasteiger partial charge on any atom is 0.254 e. The van der Waals surface area contributed by atoms with Crippen LogP contribution < -0.4 is 5.32 Å². The summed E-state index contributed by atoms with van der Waals surface area (Å²) in [6.07, 6.45) is 1.41. The number of nitrogens with zero attached hydrogens (tertiary/aromatic N) is 2. The van der Waals surface area contributed by atoms with E-state index in [1.807, 2.05) is 23.1 Å². The predicted octanol–water partition coefficient (Wildman–Crippen LogP) is 1.35. The second kappa shape index (κ2) is 5.48. The summed E-state index contributed by atoms with van der Waals surface area (Å²) < 4.78 is 0. The van der Waals surface area contributed by atoms with Gasteiger partial charge in [-0.25, -0.2) is 0 Å². The van der Waals surface area contributed by atoms with Gasteiger partial charge in [-0.2, -0.15) is 0 Å². The van der Waals surface area contributed by atoms with E-state index in [1.54, 1.807) is 0 Å². The molecule has 0 radical (unpaired) electrons. The van der Waals surface area contributed by atoms with Crippen LogP contribution in [0.3, 0.4) is 0 Å². The van der Waals surface area contributed by atoms with Gasteiger partial charge in [0, 0.05) is 30.4 Å². The molecular formula is C16H21N3O2. The van der Waals surface area contributed by atoms with Gasteiger partial charge in [-0.15, -0.1) is 0 Å². The summed E-state index contributed by atoms with van der Waals surface area (Å²) in [5, 5.41) is 2.81. The van der Waals surface area contributed by atoms with Gasteiger partial charge in [0.15, 0.2) is 0 Å². The first kappa shape index (κ1) is 14.1. The molecule has 0 aromatic heterocycles. The third-order valence-corrected chi connectivity index (χ3v) is 4.29. The molecule has 112 valence electrons. The number of nitrogens with one attached hydrogen (secondary N) is 1. The van der Waals surface area contributed by atoms with Crippen LogP contribution in [0.1, 0.15) is 29.3 Å². The molecule has 21 heavy (non-hydrogen) atoms. The van der Waals surface area contributed by atoms with Crippen molar-refractivity contribution in [3.63, 3.8) is 0 Å². The van der Waals surface area contributed by atoms with E-state index in [2.05, 4.69) is 24.2 Å². The number of carbonyl (C=O) groups excluding carboxylic acids is 2. The maximum absolute atomic E-state index is 12.7. The van der Waals surface area contributed by atoms with Crippen LogP contribution in [0.15, 0.2) is 18.2 Å². The quantitative estimate of drug-likeness (QED) is 0.848. The van der Waals surface area contributed by atoms with Crippen molar-refractivity contribution in [3.05, 3.63) is 29.3 Å². The summed E-state index contributed by atoms with van der Waals surface area (Å²) in [7, 11) is 2.09. The zero-order valence-electron chi connectivity index (χ0n) is 12.6. The van der Waals surface area contributed by atoms with Crippen LogP contribution in [0, 0.1) is 0 Å². The average Bonchev–Trinajstić information content (AvgIpc) is 2.72. The fourth-order valence-corrected chi connectivity index (χ4v) is 3.19. The Labute approximate surface area is 124 Å². The summed E-state index contributed by atoms with van der Waals surface area (Å²) in [5.74, 6) is 0.0566. The van der Waals surface area contributed by atoms with Crippen molar-refractivity contribution in [2.75, 3.05) is 32.0 Å². The van der Waals surface area contributed by atoms with E-state index in [-0.39, 0.29) is 17.9 Å². The van der Waals surface area contributed by atoms with E-state index >= 15 is 0 Å². The van der Waals surface area contributed by atoms with Gasteiger partial charge in [-0.1, -0.05) is 6.07 Å². The smallest absolute Gasteiger partial charge is 0.254 e. The van der Waals surface area contributed by atoms with Crippen LogP contribution in [0.5, 0.6) is 0 Å². The third-order valence-electron chi connectivity index (χ3n) is 4.29. The third kappa shape index (κ3) is 2.78. The van der Waals surface area contributed by atoms with Gasteiger partial charge in [0.25, 0.3) is 5.91 Å². The molecule has 0 bridgehead atoms. The molecule has 1 fully saturated rings. The second-order valence-electron chi connectivity index (χ2n) is 6.06. The number of benzene rings is 1. The number of hydrogen-bond donors (Lipinski definition) is 1. The van der Waals surface area contributed by atoms with Gasteiger partial charge in [-0.05, 0) is 44.6 Å². The number of carbonyl (C=O) groups is 2. The van der Waals surface area contributed by atoms with Crippen LogP contribution >= 0.6 is 0 Å². The Hall–Kier alpha value is -1.88. The SMILES string of the molecule is CC1CN(C)CCCN1C(=O)c1ccc2c(c1)NC(=O)C2. The van der Waals surface area contributed by atoms with Gasteiger partial charge in [0.05, 0.1) is 6.42 Å². The zero-order valence-corrected chi connectivity index (χ0v) is 12.6. The first-order valence-corrected chi connectivity index (χ1v) is 7.47. The number of anilines is 1. The van der Waals surface area contributed by atoms with Crippen molar-refractivity contribution in [2.24, 2.45) is 0 Å². The van der Waals surface area contributed by atoms with Crippen LogP contribution in [-0.4, -0.2) is 54.3 Å². The Balaban J connectivity index is 1.82. The fourth-order valence-electron chi connectivity index (χ4n) is 3.19. The van der Waals surface area contributed by atoms with E-state index in [0.29, 0.717) is 12.0 Å². The molecular weight excluding hydrogens is 266 g/mol. The van der Waals surface area contributed by atoms with E-state index in [4.69, 9.17) is 0 Å². The minimum absolute atomic E-state index is 0.000589. The molecule has 1 atom stereocenters. The molecule has 3 rings (SSSR count). The molecule has 0 spiro atoms. The summed E-state index contributed by atoms with van der Waals surface area (Å²) in [4.78, 5) is 28.4. The molecule has 1 aromatic carbocycles. The van der Waals surface area contributed by atoms with Crippen molar-refractivity contribution in [1.29, 1.82) is 0 Å². The molecule has 2 aliphatic heterocycles. The summed E-state index contributed by atoms with van der Waals surface area (Å²) in [6, 6.07) is 5.73. The van der Waals surface area contributed by atoms with E-state index < -0.39 is 0 Å². The highest BCUT2D eigenvalue weighted by Gasteiger charge is 2.26. The minimum Gasteiger partial charge on any atom is -0.335 e. The monoisotopic (exact) mass is 287 g/mol. The first-order chi connectivity index (χ1) is 10.0. The van der Waals surface area contributed by atoms with Crippen LogP contribution in [-0.2, 0) is 11.2 Å². The first-order valence-electron chi connectivity index (χ1n) is 7.47. The molecule has 0 aliphatic carbocycles. The Morgan fingerprint density at radius 1 is 1.33 bits per heavy atom. The molecule has 5 nitrogen and oxygen atoms in total. The van der Waals surface area contributed by atoms with E-state index in [9.17, 15) is 9.59 Å². The predicted molar refractivity (Wildman–Crippen MR) is 81.4 cm³/mol. The summed E-state index contributed by atoms with van der Waals surface area (Å²) in [6.45, 7) is 4.80. The molecule has 1 unspecified atom stereocenters.